The summed E-state index contributed by atoms with van der Waals surface area (Å²) < 4.78 is 26.9. The minimum absolute atomic E-state index is 0.0214. The Bertz CT molecular complexity index is 689. The monoisotopic (exact) mass is 292 g/mol. The van der Waals surface area contributed by atoms with Crippen molar-refractivity contribution in [3.63, 3.8) is 0 Å². The zero-order valence-corrected chi connectivity index (χ0v) is 11.6. The Hall–Kier alpha value is -2.50. The molecule has 1 N–H and O–H groups in total. The summed E-state index contributed by atoms with van der Waals surface area (Å²) >= 11 is 0. The first-order chi connectivity index (χ1) is 9.88. The predicted molar refractivity (Wildman–Crippen MR) is 76.2 cm³/mol. The number of nitrogens with one attached hydrogen (secondary N) is 1. The van der Waals surface area contributed by atoms with Crippen LogP contribution < -0.4 is 5.32 Å². The third kappa shape index (κ3) is 3.34. The molecule has 2 aromatic rings. The second kappa shape index (κ2) is 5.87. The van der Waals surface area contributed by atoms with Crippen molar-refractivity contribution >= 4 is 11.4 Å². The number of hydrogen-bond acceptors (Lipinski definition) is 3. The summed E-state index contributed by atoms with van der Waals surface area (Å²) in [6.45, 7) is 3.29. The third-order valence-corrected chi connectivity index (χ3v) is 3.21. The maximum atomic E-state index is 13.7. The lowest BCUT2D eigenvalue weighted by molar-refractivity contribution is -0.385. The summed E-state index contributed by atoms with van der Waals surface area (Å²) in [6, 6.07) is 7.33. The molecule has 0 aliphatic heterocycles. The van der Waals surface area contributed by atoms with Crippen LogP contribution in [-0.4, -0.2) is 4.92 Å². The Kier molecular flexibility index (Phi) is 4.16. The molecule has 1 atom stereocenters. The molecular weight excluding hydrogens is 278 g/mol. The third-order valence-electron chi connectivity index (χ3n) is 3.21. The average Bonchev–Trinajstić information content (AvgIpc) is 2.43. The van der Waals surface area contributed by atoms with E-state index in [1.54, 1.807) is 26.0 Å². The zero-order chi connectivity index (χ0) is 15.6. The Morgan fingerprint density at radius 1 is 1.19 bits per heavy atom. The number of benzene rings is 2. The van der Waals surface area contributed by atoms with Gasteiger partial charge in [0.2, 0.25) is 0 Å². The first-order valence-electron chi connectivity index (χ1n) is 6.35. The maximum Gasteiger partial charge on any atom is 0.274 e. The minimum Gasteiger partial charge on any atom is -0.378 e. The highest BCUT2D eigenvalue weighted by atomic mass is 19.1. The standard InChI is InChI=1S/C15H14F2N2O2/c1-9-3-5-12(8-15(9)19(20)21)18-10(2)13-7-11(16)4-6-14(13)17/h3-8,10,18H,1-2H3. The van der Waals surface area contributed by atoms with E-state index in [2.05, 4.69) is 5.32 Å². The molecule has 2 rings (SSSR count). The summed E-state index contributed by atoms with van der Waals surface area (Å²) in [5.41, 5.74) is 1.16. The second-order valence-electron chi connectivity index (χ2n) is 4.79. The zero-order valence-electron chi connectivity index (χ0n) is 11.6. The molecule has 0 aromatic heterocycles. The van der Waals surface area contributed by atoms with E-state index >= 15 is 0 Å². The van der Waals surface area contributed by atoms with E-state index in [0.717, 1.165) is 18.2 Å². The summed E-state index contributed by atoms with van der Waals surface area (Å²) in [6.07, 6.45) is 0. The molecule has 0 fully saturated rings. The van der Waals surface area contributed by atoms with Gasteiger partial charge in [-0.1, -0.05) is 6.07 Å². The van der Waals surface area contributed by atoms with Crippen LogP contribution in [0.15, 0.2) is 36.4 Å². The number of anilines is 1. The molecule has 4 nitrogen and oxygen atoms in total. The fourth-order valence-electron chi connectivity index (χ4n) is 2.07. The van der Waals surface area contributed by atoms with Crippen LogP contribution >= 0.6 is 0 Å². The highest BCUT2D eigenvalue weighted by molar-refractivity contribution is 5.55. The molecule has 0 spiro atoms. The van der Waals surface area contributed by atoms with Crippen LogP contribution in [0, 0.1) is 28.7 Å². The average molecular weight is 292 g/mol. The summed E-state index contributed by atoms with van der Waals surface area (Å²) in [5, 5.41) is 13.8. The van der Waals surface area contributed by atoms with Gasteiger partial charge in [-0.3, -0.25) is 10.1 Å². The van der Waals surface area contributed by atoms with Gasteiger partial charge in [0.25, 0.3) is 5.69 Å². The van der Waals surface area contributed by atoms with Crippen LogP contribution in [0.25, 0.3) is 0 Å². The molecule has 2 aromatic carbocycles. The van der Waals surface area contributed by atoms with Crippen molar-refractivity contribution in [3.05, 3.63) is 69.3 Å². The number of halogens is 2. The first-order valence-corrected chi connectivity index (χ1v) is 6.35. The molecule has 0 heterocycles. The highest BCUT2D eigenvalue weighted by Gasteiger charge is 2.15. The number of nitrogens with zero attached hydrogens (tertiary/aromatic N) is 1. The largest absolute Gasteiger partial charge is 0.378 e. The molecule has 0 aliphatic rings. The molecule has 1 unspecified atom stereocenters. The summed E-state index contributed by atoms with van der Waals surface area (Å²) in [5.74, 6) is -1.06. The topological polar surface area (TPSA) is 55.2 Å². The van der Waals surface area contributed by atoms with E-state index in [9.17, 15) is 18.9 Å². The van der Waals surface area contributed by atoms with Gasteiger partial charge in [0.15, 0.2) is 0 Å². The number of aryl methyl sites for hydroxylation is 1. The van der Waals surface area contributed by atoms with Crippen LogP contribution in [0.3, 0.4) is 0 Å². The fraction of sp³-hybridized carbons (Fsp3) is 0.200. The smallest absolute Gasteiger partial charge is 0.274 e. The highest BCUT2D eigenvalue weighted by Crippen LogP contribution is 2.26. The molecule has 0 bridgehead atoms. The summed E-state index contributed by atoms with van der Waals surface area (Å²) in [4.78, 5) is 10.4. The minimum atomic E-state index is -0.532. The van der Waals surface area contributed by atoms with Crippen LogP contribution in [0.5, 0.6) is 0 Å². The van der Waals surface area contributed by atoms with Gasteiger partial charge in [0.1, 0.15) is 11.6 Å². The van der Waals surface area contributed by atoms with Crippen LogP contribution in [0.1, 0.15) is 24.1 Å². The van der Waals surface area contributed by atoms with Crippen LogP contribution in [-0.2, 0) is 0 Å². The number of nitro benzene ring substituents is 1. The lowest BCUT2D eigenvalue weighted by Gasteiger charge is -2.16. The molecule has 0 radical (unpaired) electrons. The SMILES string of the molecule is Cc1ccc(NC(C)c2cc(F)ccc2F)cc1[N+](=O)[O-]. The van der Waals surface area contributed by atoms with E-state index in [-0.39, 0.29) is 11.3 Å². The van der Waals surface area contributed by atoms with Gasteiger partial charge >= 0.3 is 0 Å². The van der Waals surface area contributed by atoms with Crippen LogP contribution in [0.2, 0.25) is 0 Å². The number of hydrogen-bond donors (Lipinski definition) is 1. The molecule has 0 aliphatic carbocycles. The Balaban J connectivity index is 2.27. The van der Waals surface area contributed by atoms with E-state index in [1.165, 1.54) is 6.07 Å². The molecule has 0 saturated heterocycles. The Morgan fingerprint density at radius 2 is 1.90 bits per heavy atom. The van der Waals surface area contributed by atoms with Gasteiger partial charge in [-0.2, -0.15) is 0 Å². The Labute approximate surface area is 120 Å². The lowest BCUT2D eigenvalue weighted by atomic mass is 10.1. The van der Waals surface area contributed by atoms with Crippen molar-refractivity contribution in [2.45, 2.75) is 19.9 Å². The lowest BCUT2D eigenvalue weighted by Crippen LogP contribution is -2.09. The van der Waals surface area contributed by atoms with Crippen molar-refractivity contribution in [2.75, 3.05) is 5.32 Å². The van der Waals surface area contributed by atoms with Gasteiger partial charge in [0, 0.05) is 22.9 Å². The maximum absolute atomic E-state index is 13.7. The quantitative estimate of drug-likeness (QED) is 0.673. The molecule has 0 saturated carbocycles. The van der Waals surface area contributed by atoms with E-state index in [4.69, 9.17) is 0 Å². The van der Waals surface area contributed by atoms with Crippen molar-refractivity contribution in [2.24, 2.45) is 0 Å². The van der Waals surface area contributed by atoms with Crippen molar-refractivity contribution in [1.29, 1.82) is 0 Å². The van der Waals surface area contributed by atoms with Crippen molar-refractivity contribution in [1.82, 2.24) is 0 Å². The van der Waals surface area contributed by atoms with Gasteiger partial charge in [-0.15, -0.1) is 0 Å². The van der Waals surface area contributed by atoms with Gasteiger partial charge in [-0.25, -0.2) is 8.78 Å². The number of rotatable bonds is 4. The molecular formula is C15H14F2N2O2. The molecule has 6 heteroatoms. The predicted octanol–water partition coefficient (Wildman–Crippen LogP) is 4.35. The Morgan fingerprint density at radius 3 is 2.57 bits per heavy atom. The van der Waals surface area contributed by atoms with E-state index < -0.39 is 22.6 Å². The fourth-order valence-corrected chi connectivity index (χ4v) is 2.07. The van der Waals surface area contributed by atoms with E-state index in [0.29, 0.717) is 11.3 Å². The molecule has 21 heavy (non-hydrogen) atoms. The van der Waals surface area contributed by atoms with Crippen molar-refractivity contribution in [3.8, 4) is 0 Å². The van der Waals surface area contributed by atoms with Gasteiger partial charge < -0.3 is 5.32 Å². The normalized spacial score (nSPS) is 12.0. The summed E-state index contributed by atoms with van der Waals surface area (Å²) in [7, 11) is 0. The number of nitro groups is 1. The van der Waals surface area contributed by atoms with Crippen molar-refractivity contribution < 1.29 is 13.7 Å². The molecule has 0 amide bonds. The van der Waals surface area contributed by atoms with Crippen LogP contribution in [0.4, 0.5) is 20.2 Å². The van der Waals surface area contributed by atoms with Gasteiger partial charge in [0.05, 0.1) is 11.0 Å². The second-order valence-corrected chi connectivity index (χ2v) is 4.79. The van der Waals surface area contributed by atoms with Gasteiger partial charge in [-0.05, 0) is 38.1 Å². The van der Waals surface area contributed by atoms with E-state index in [1.807, 2.05) is 0 Å². The first kappa shape index (κ1) is 14.9. The molecule has 110 valence electrons.